The van der Waals surface area contributed by atoms with E-state index in [4.69, 9.17) is 10.5 Å². The fourth-order valence-electron chi connectivity index (χ4n) is 2.91. The lowest BCUT2D eigenvalue weighted by molar-refractivity contribution is -0.384. The minimum Gasteiger partial charge on any atom is -0.490 e. The van der Waals surface area contributed by atoms with E-state index in [0.717, 1.165) is 12.8 Å². The van der Waals surface area contributed by atoms with Crippen LogP contribution in [0.4, 0.5) is 5.69 Å². The van der Waals surface area contributed by atoms with Gasteiger partial charge in [-0.05, 0) is 37.7 Å². The number of nitro benzene ring substituents is 1. The van der Waals surface area contributed by atoms with Crippen molar-refractivity contribution in [3.05, 3.63) is 33.9 Å². The number of non-ortho nitro benzene ring substituents is 1. The second-order valence-corrected chi connectivity index (χ2v) is 5.36. The number of ether oxygens (including phenoxy) is 1. The lowest BCUT2D eigenvalue weighted by Gasteiger charge is -2.31. The van der Waals surface area contributed by atoms with E-state index in [1.807, 2.05) is 0 Å². The third-order valence-electron chi connectivity index (χ3n) is 4.12. The highest BCUT2D eigenvalue weighted by Gasteiger charge is 2.26. The summed E-state index contributed by atoms with van der Waals surface area (Å²) >= 11 is 0. The zero-order valence-electron chi connectivity index (χ0n) is 11.9. The summed E-state index contributed by atoms with van der Waals surface area (Å²) in [7, 11) is 0. The molecule has 5 heteroatoms. The second kappa shape index (κ2) is 6.70. The first kappa shape index (κ1) is 14.8. The smallest absolute Gasteiger partial charge is 0.270 e. The minimum absolute atomic E-state index is 0.0634. The van der Waals surface area contributed by atoms with Crippen LogP contribution < -0.4 is 10.5 Å². The van der Waals surface area contributed by atoms with Gasteiger partial charge in [0.15, 0.2) is 0 Å². The van der Waals surface area contributed by atoms with Crippen LogP contribution in [0.2, 0.25) is 0 Å². The Hall–Kier alpha value is -1.62. The maximum Gasteiger partial charge on any atom is 0.270 e. The van der Waals surface area contributed by atoms with Gasteiger partial charge in [0.25, 0.3) is 5.69 Å². The van der Waals surface area contributed by atoms with Crippen LogP contribution in [-0.4, -0.2) is 11.0 Å². The van der Waals surface area contributed by atoms with E-state index in [2.05, 4.69) is 6.92 Å². The Labute approximate surface area is 119 Å². The van der Waals surface area contributed by atoms with Gasteiger partial charge in [0, 0.05) is 24.2 Å². The number of nitrogens with zero attached hydrogens (tertiary/aromatic N) is 1. The third-order valence-corrected chi connectivity index (χ3v) is 4.12. The topological polar surface area (TPSA) is 78.4 Å². The molecular weight excluding hydrogens is 256 g/mol. The molecule has 0 spiro atoms. The van der Waals surface area contributed by atoms with Crippen molar-refractivity contribution in [2.75, 3.05) is 0 Å². The number of rotatable bonds is 5. The Bertz CT molecular complexity index is 476. The number of hydrogen-bond acceptors (Lipinski definition) is 4. The van der Waals surface area contributed by atoms with Gasteiger partial charge in [0.2, 0.25) is 0 Å². The largest absolute Gasteiger partial charge is 0.490 e. The van der Waals surface area contributed by atoms with Crippen LogP contribution in [0.5, 0.6) is 5.75 Å². The number of nitrogens with two attached hydrogens (primary N) is 1. The molecule has 110 valence electrons. The predicted molar refractivity (Wildman–Crippen MR) is 77.7 cm³/mol. The normalized spacial score (nSPS) is 22.5. The van der Waals surface area contributed by atoms with Crippen molar-refractivity contribution in [3.8, 4) is 5.75 Å². The van der Waals surface area contributed by atoms with Crippen molar-refractivity contribution < 1.29 is 9.66 Å². The van der Waals surface area contributed by atoms with Gasteiger partial charge in [0.1, 0.15) is 11.9 Å². The first-order chi connectivity index (χ1) is 9.65. The van der Waals surface area contributed by atoms with Crippen LogP contribution in [-0.2, 0) is 6.54 Å². The van der Waals surface area contributed by atoms with Crippen LogP contribution in [0.3, 0.4) is 0 Å². The highest BCUT2D eigenvalue weighted by molar-refractivity contribution is 5.43. The van der Waals surface area contributed by atoms with Crippen molar-refractivity contribution in [1.82, 2.24) is 0 Å². The van der Waals surface area contributed by atoms with Crippen molar-refractivity contribution in [2.24, 2.45) is 11.7 Å². The Balaban J connectivity index is 2.17. The molecule has 0 saturated heterocycles. The van der Waals surface area contributed by atoms with Crippen molar-refractivity contribution in [2.45, 2.75) is 51.7 Å². The number of hydrogen-bond donors (Lipinski definition) is 1. The molecule has 0 aliphatic heterocycles. The lowest BCUT2D eigenvalue weighted by Crippen LogP contribution is -2.30. The van der Waals surface area contributed by atoms with E-state index >= 15 is 0 Å². The van der Waals surface area contributed by atoms with E-state index in [1.54, 1.807) is 6.07 Å². The zero-order chi connectivity index (χ0) is 14.5. The van der Waals surface area contributed by atoms with E-state index < -0.39 is 4.92 Å². The molecule has 1 aliphatic carbocycles. The SMILES string of the molecule is CCC1CCCCC1Oc1ccc([N+](=O)[O-])cc1CN. The number of benzene rings is 1. The van der Waals surface area contributed by atoms with E-state index in [-0.39, 0.29) is 18.3 Å². The highest BCUT2D eigenvalue weighted by Crippen LogP contribution is 2.32. The summed E-state index contributed by atoms with van der Waals surface area (Å²) in [5, 5.41) is 10.8. The fourth-order valence-corrected chi connectivity index (χ4v) is 2.91. The third kappa shape index (κ3) is 3.28. The molecule has 2 unspecified atom stereocenters. The van der Waals surface area contributed by atoms with E-state index in [1.165, 1.54) is 31.4 Å². The lowest BCUT2D eigenvalue weighted by atomic mass is 9.84. The summed E-state index contributed by atoms with van der Waals surface area (Å²) in [5.41, 5.74) is 6.46. The molecule has 2 N–H and O–H groups in total. The maximum absolute atomic E-state index is 10.8. The van der Waals surface area contributed by atoms with Gasteiger partial charge in [-0.25, -0.2) is 0 Å². The van der Waals surface area contributed by atoms with Crippen molar-refractivity contribution in [3.63, 3.8) is 0 Å². The molecule has 5 nitrogen and oxygen atoms in total. The monoisotopic (exact) mass is 278 g/mol. The Morgan fingerprint density at radius 3 is 2.80 bits per heavy atom. The molecule has 0 bridgehead atoms. The Morgan fingerprint density at radius 2 is 2.15 bits per heavy atom. The van der Waals surface area contributed by atoms with Crippen molar-refractivity contribution >= 4 is 5.69 Å². The number of nitro groups is 1. The zero-order valence-corrected chi connectivity index (χ0v) is 11.9. The van der Waals surface area contributed by atoms with E-state index in [0.29, 0.717) is 17.2 Å². The van der Waals surface area contributed by atoms with Gasteiger partial charge in [0.05, 0.1) is 4.92 Å². The molecule has 1 aromatic rings. The molecule has 2 rings (SSSR count). The summed E-state index contributed by atoms with van der Waals surface area (Å²) in [5.74, 6) is 1.27. The molecule has 0 aromatic heterocycles. The van der Waals surface area contributed by atoms with Gasteiger partial charge in [-0.1, -0.05) is 13.3 Å². The first-order valence-corrected chi connectivity index (χ1v) is 7.29. The van der Waals surface area contributed by atoms with Gasteiger partial charge < -0.3 is 10.5 Å². The summed E-state index contributed by atoms with van der Waals surface area (Å²) in [6.07, 6.45) is 6.02. The highest BCUT2D eigenvalue weighted by atomic mass is 16.6. The molecule has 1 aromatic carbocycles. The summed E-state index contributed by atoms with van der Waals surface area (Å²) in [4.78, 5) is 10.4. The molecular formula is C15H22N2O3. The van der Waals surface area contributed by atoms with E-state index in [9.17, 15) is 10.1 Å². The standard InChI is InChI=1S/C15H22N2O3/c1-2-11-5-3-4-6-14(11)20-15-8-7-13(17(18)19)9-12(15)10-16/h7-9,11,14H,2-6,10,16H2,1H3. The van der Waals surface area contributed by atoms with Gasteiger partial charge >= 0.3 is 0 Å². The van der Waals surface area contributed by atoms with Gasteiger partial charge in [-0.2, -0.15) is 0 Å². The second-order valence-electron chi connectivity index (χ2n) is 5.36. The van der Waals surface area contributed by atoms with Crippen LogP contribution >= 0.6 is 0 Å². The molecule has 0 amide bonds. The summed E-state index contributed by atoms with van der Waals surface area (Å²) in [6, 6.07) is 4.68. The molecule has 1 fully saturated rings. The predicted octanol–water partition coefficient (Wildman–Crippen LogP) is 3.40. The summed E-state index contributed by atoms with van der Waals surface area (Å²) in [6.45, 7) is 2.44. The molecule has 2 atom stereocenters. The van der Waals surface area contributed by atoms with Gasteiger partial charge in [-0.15, -0.1) is 0 Å². The van der Waals surface area contributed by atoms with Crippen molar-refractivity contribution in [1.29, 1.82) is 0 Å². The molecule has 1 aliphatic rings. The van der Waals surface area contributed by atoms with Crippen LogP contribution in [0.25, 0.3) is 0 Å². The Kier molecular flexibility index (Phi) is 4.95. The quantitative estimate of drug-likeness (QED) is 0.661. The molecule has 0 radical (unpaired) electrons. The molecule has 20 heavy (non-hydrogen) atoms. The molecule has 1 saturated carbocycles. The van der Waals surface area contributed by atoms with Crippen LogP contribution in [0.15, 0.2) is 18.2 Å². The van der Waals surface area contributed by atoms with Crippen LogP contribution in [0, 0.1) is 16.0 Å². The first-order valence-electron chi connectivity index (χ1n) is 7.29. The maximum atomic E-state index is 10.8. The Morgan fingerprint density at radius 1 is 1.40 bits per heavy atom. The van der Waals surface area contributed by atoms with Gasteiger partial charge in [-0.3, -0.25) is 10.1 Å². The minimum atomic E-state index is -0.404. The average molecular weight is 278 g/mol. The average Bonchev–Trinajstić information content (AvgIpc) is 2.48. The summed E-state index contributed by atoms with van der Waals surface area (Å²) < 4.78 is 6.11. The molecule has 0 heterocycles. The van der Waals surface area contributed by atoms with Crippen LogP contribution in [0.1, 0.15) is 44.6 Å². The fraction of sp³-hybridized carbons (Fsp3) is 0.600.